The summed E-state index contributed by atoms with van der Waals surface area (Å²) in [6.07, 6.45) is 1.06. The number of benzene rings is 2. The molecule has 1 saturated heterocycles. The van der Waals surface area contributed by atoms with Crippen molar-refractivity contribution in [3.63, 3.8) is 0 Å². The number of carbonyl (C=O) groups excluding carboxylic acids is 1. The Morgan fingerprint density at radius 1 is 0.958 bits per heavy atom. The molecule has 1 aliphatic heterocycles. The summed E-state index contributed by atoms with van der Waals surface area (Å²) >= 11 is 0. The molecule has 0 radical (unpaired) electrons. The second-order valence-corrected chi connectivity index (χ2v) is 6.70. The number of hydrogen-bond acceptors (Lipinski definition) is 2. The second kappa shape index (κ2) is 7.08. The smallest absolute Gasteiger partial charge is 0.254 e. The molecule has 2 aromatic carbocycles. The molecule has 0 saturated carbocycles. The number of nitrogens with zero attached hydrogens (tertiary/aromatic N) is 2. The highest BCUT2D eigenvalue weighted by Crippen LogP contribution is 2.24. The number of amides is 1. The summed E-state index contributed by atoms with van der Waals surface area (Å²) < 4.78 is 0. The first kappa shape index (κ1) is 16.6. The van der Waals surface area contributed by atoms with Gasteiger partial charge in [-0.1, -0.05) is 37.3 Å². The van der Waals surface area contributed by atoms with Gasteiger partial charge in [0.05, 0.1) is 0 Å². The Bertz CT molecular complexity index is 669. The monoisotopic (exact) mass is 322 g/mol. The lowest BCUT2D eigenvalue weighted by Crippen LogP contribution is -2.58. The second-order valence-electron chi connectivity index (χ2n) is 6.70. The Morgan fingerprint density at radius 3 is 2.08 bits per heavy atom. The molecule has 1 heterocycles. The van der Waals surface area contributed by atoms with Crippen molar-refractivity contribution in [2.24, 2.45) is 0 Å². The van der Waals surface area contributed by atoms with Gasteiger partial charge in [-0.25, -0.2) is 0 Å². The quantitative estimate of drug-likeness (QED) is 0.853. The normalized spacial score (nSPS) is 21.0. The summed E-state index contributed by atoms with van der Waals surface area (Å²) in [6, 6.07) is 18.8. The fourth-order valence-electron chi connectivity index (χ4n) is 3.61. The maximum Gasteiger partial charge on any atom is 0.254 e. The van der Waals surface area contributed by atoms with Crippen LogP contribution in [0.3, 0.4) is 0 Å². The van der Waals surface area contributed by atoms with Gasteiger partial charge in [0.2, 0.25) is 0 Å². The number of piperazine rings is 1. The fraction of sp³-hybridized carbons (Fsp3) is 0.381. The van der Waals surface area contributed by atoms with Gasteiger partial charge in [-0.3, -0.25) is 4.79 Å². The molecule has 2 aromatic rings. The van der Waals surface area contributed by atoms with Crippen LogP contribution in [0.5, 0.6) is 0 Å². The van der Waals surface area contributed by atoms with Crippen LogP contribution in [0.25, 0.3) is 0 Å². The third-order valence-corrected chi connectivity index (χ3v) is 4.88. The van der Waals surface area contributed by atoms with E-state index in [2.05, 4.69) is 49.9 Å². The summed E-state index contributed by atoms with van der Waals surface area (Å²) in [5, 5.41) is 0. The van der Waals surface area contributed by atoms with Crippen LogP contribution < -0.4 is 4.90 Å². The van der Waals surface area contributed by atoms with Crippen molar-refractivity contribution in [2.75, 3.05) is 18.0 Å². The summed E-state index contributed by atoms with van der Waals surface area (Å²) in [5.74, 6) is 0.136. The van der Waals surface area contributed by atoms with Gasteiger partial charge in [0, 0.05) is 36.4 Å². The molecule has 0 aromatic heterocycles. The van der Waals surface area contributed by atoms with Gasteiger partial charge >= 0.3 is 0 Å². The Morgan fingerprint density at radius 2 is 1.54 bits per heavy atom. The molecule has 1 fully saturated rings. The highest BCUT2D eigenvalue weighted by Gasteiger charge is 2.33. The molecular weight excluding hydrogens is 296 g/mol. The minimum atomic E-state index is 0.136. The molecule has 3 heteroatoms. The van der Waals surface area contributed by atoms with E-state index in [1.54, 1.807) is 0 Å². The molecule has 1 amide bonds. The third kappa shape index (κ3) is 3.30. The number of aryl methyl sites for hydroxylation is 1. The Hall–Kier alpha value is -2.29. The number of anilines is 1. The van der Waals surface area contributed by atoms with E-state index in [1.807, 2.05) is 35.2 Å². The molecule has 1 aliphatic rings. The van der Waals surface area contributed by atoms with Crippen molar-refractivity contribution >= 4 is 11.6 Å². The molecule has 0 unspecified atom stereocenters. The van der Waals surface area contributed by atoms with Crippen molar-refractivity contribution in [3.05, 3.63) is 65.7 Å². The Labute approximate surface area is 144 Å². The Balaban J connectivity index is 1.75. The average molecular weight is 322 g/mol. The topological polar surface area (TPSA) is 23.6 Å². The number of carbonyl (C=O) groups is 1. The van der Waals surface area contributed by atoms with Crippen LogP contribution >= 0.6 is 0 Å². The van der Waals surface area contributed by atoms with Crippen LogP contribution in [0.4, 0.5) is 5.69 Å². The largest absolute Gasteiger partial charge is 0.367 e. The van der Waals surface area contributed by atoms with Crippen LogP contribution in [0.1, 0.15) is 36.7 Å². The fourth-order valence-corrected chi connectivity index (χ4v) is 3.61. The van der Waals surface area contributed by atoms with Crippen LogP contribution in [0.15, 0.2) is 54.6 Å². The summed E-state index contributed by atoms with van der Waals surface area (Å²) in [6.45, 7) is 8.20. The summed E-state index contributed by atoms with van der Waals surface area (Å²) in [5.41, 5.74) is 3.38. The zero-order valence-corrected chi connectivity index (χ0v) is 14.8. The molecule has 0 bridgehead atoms. The molecule has 0 N–H and O–H groups in total. The predicted molar refractivity (Wildman–Crippen MR) is 99.6 cm³/mol. The maximum absolute atomic E-state index is 12.9. The lowest BCUT2D eigenvalue weighted by molar-refractivity contribution is 0.0574. The van der Waals surface area contributed by atoms with Crippen molar-refractivity contribution in [2.45, 2.75) is 39.3 Å². The van der Waals surface area contributed by atoms with E-state index in [-0.39, 0.29) is 18.0 Å². The molecule has 3 nitrogen and oxygen atoms in total. The van der Waals surface area contributed by atoms with Crippen molar-refractivity contribution < 1.29 is 4.79 Å². The van der Waals surface area contributed by atoms with Crippen molar-refractivity contribution in [1.29, 1.82) is 0 Å². The highest BCUT2D eigenvalue weighted by molar-refractivity contribution is 5.94. The van der Waals surface area contributed by atoms with E-state index in [4.69, 9.17) is 0 Å². The minimum absolute atomic E-state index is 0.136. The molecule has 0 aliphatic carbocycles. The Kier molecular flexibility index (Phi) is 4.89. The molecule has 2 atom stereocenters. The minimum Gasteiger partial charge on any atom is -0.367 e. The van der Waals surface area contributed by atoms with Crippen LogP contribution in [-0.4, -0.2) is 36.0 Å². The van der Waals surface area contributed by atoms with Gasteiger partial charge in [-0.15, -0.1) is 0 Å². The van der Waals surface area contributed by atoms with Crippen molar-refractivity contribution in [1.82, 2.24) is 4.90 Å². The maximum atomic E-state index is 12.9. The van der Waals surface area contributed by atoms with Gasteiger partial charge < -0.3 is 9.80 Å². The van der Waals surface area contributed by atoms with E-state index in [0.29, 0.717) is 0 Å². The highest BCUT2D eigenvalue weighted by atomic mass is 16.2. The zero-order chi connectivity index (χ0) is 17.1. The van der Waals surface area contributed by atoms with Gasteiger partial charge in [0.25, 0.3) is 5.91 Å². The molecule has 126 valence electrons. The van der Waals surface area contributed by atoms with Crippen molar-refractivity contribution in [3.8, 4) is 0 Å². The van der Waals surface area contributed by atoms with E-state index >= 15 is 0 Å². The molecular formula is C21H26N2O. The first-order valence-corrected chi connectivity index (χ1v) is 8.81. The molecule has 3 rings (SSSR count). The van der Waals surface area contributed by atoms with E-state index < -0.39 is 0 Å². The van der Waals surface area contributed by atoms with Crippen LogP contribution in [-0.2, 0) is 6.42 Å². The van der Waals surface area contributed by atoms with Crippen LogP contribution in [0, 0.1) is 0 Å². The van der Waals surface area contributed by atoms with Gasteiger partial charge in [0.1, 0.15) is 0 Å². The first-order chi connectivity index (χ1) is 11.6. The zero-order valence-electron chi connectivity index (χ0n) is 14.8. The van der Waals surface area contributed by atoms with Crippen LogP contribution in [0.2, 0.25) is 0 Å². The number of hydrogen-bond donors (Lipinski definition) is 0. The lowest BCUT2D eigenvalue weighted by Gasteiger charge is -2.45. The third-order valence-electron chi connectivity index (χ3n) is 4.88. The number of rotatable bonds is 3. The standard InChI is InChI=1S/C21H26N2O/c1-4-18-10-12-20(13-11-18)22-14-16(2)23(17(3)15-22)21(24)19-8-6-5-7-9-19/h5-13,16-17H,4,14-15H2,1-3H3/t16-,17+. The molecule has 0 spiro atoms. The van der Waals surface area contributed by atoms with Gasteiger partial charge in [-0.05, 0) is 50.1 Å². The SMILES string of the molecule is CCc1ccc(N2C[C@@H](C)N(C(=O)c3ccccc3)[C@@H](C)C2)cc1. The molecule has 24 heavy (non-hydrogen) atoms. The van der Waals surface area contributed by atoms with E-state index in [1.165, 1.54) is 11.3 Å². The average Bonchev–Trinajstić information content (AvgIpc) is 2.61. The van der Waals surface area contributed by atoms with Gasteiger partial charge in [0.15, 0.2) is 0 Å². The first-order valence-electron chi connectivity index (χ1n) is 8.81. The predicted octanol–water partition coefficient (Wildman–Crippen LogP) is 3.99. The lowest BCUT2D eigenvalue weighted by atomic mass is 10.0. The van der Waals surface area contributed by atoms with Gasteiger partial charge in [-0.2, -0.15) is 0 Å². The summed E-state index contributed by atoms with van der Waals surface area (Å²) in [7, 11) is 0. The van der Waals surface area contributed by atoms with E-state index in [0.717, 1.165) is 25.1 Å². The van der Waals surface area contributed by atoms with E-state index in [9.17, 15) is 4.79 Å². The summed E-state index contributed by atoms with van der Waals surface area (Å²) in [4.78, 5) is 17.3.